The van der Waals surface area contributed by atoms with E-state index in [1.165, 1.54) is 11.1 Å². The van der Waals surface area contributed by atoms with Crippen LogP contribution in [0.5, 0.6) is 0 Å². The van der Waals surface area contributed by atoms with Gasteiger partial charge >= 0.3 is 0 Å². The summed E-state index contributed by atoms with van der Waals surface area (Å²) in [5, 5.41) is 3.44. The number of aromatic nitrogens is 1. The lowest BCUT2D eigenvalue weighted by Crippen LogP contribution is -2.30. The second-order valence-electron chi connectivity index (χ2n) is 4.18. The Kier molecular flexibility index (Phi) is 4.11. The Hall–Kier alpha value is -2.11. The molecule has 2 rings (SSSR count). The van der Waals surface area contributed by atoms with Crippen molar-refractivity contribution >= 4 is 0 Å². The van der Waals surface area contributed by atoms with Gasteiger partial charge in [-0.25, -0.2) is 0 Å². The number of benzene rings is 1. The molecule has 2 nitrogen and oxygen atoms in total. The van der Waals surface area contributed by atoms with Crippen molar-refractivity contribution < 1.29 is 0 Å². The maximum atomic E-state index is 5.45. The van der Waals surface area contributed by atoms with E-state index in [-0.39, 0.29) is 12.1 Å². The van der Waals surface area contributed by atoms with Crippen LogP contribution in [0.25, 0.3) is 0 Å². The highest BCUT2D eigenvalue weighted by molar-refractivity contribution is 5.31. The van der Waals surface area contributed by atoms with Crippen molar-refractivity contribution in [2.24, 2.45) is 0 Å². The van der Waals surface area contributed by atoms with E-state index >= 15 is 0 Å². The van der Waals surface area contributed by atoms with Gasteiger partial charge in [0.25, 0.3) is 0 Å². The highest BCUT2D eigenvalue weighted by atomic mass is 14.9. The molecule has 0 aliphatic rings. The van der Waals surface area contributed by atoms with Crippen LogP contribution in [-0.2, 0) is 0 Å². The maximum Gasteiger partial charge on any atom is 0.0665 e. The summed E-state index contributed by atoms with van der Waals surface area (Å²) in [6.45, 7) is 1.98. The predicted molar refractivity (Wildman–Crippen MR) is 74.0 cm³/mol. The van der Waals surface area contributed by atoms with Crippen molar-refractivity contribution in [3.63, 3.8) is 0 Å². The number of terminal acetylenes is 1. The molecule has 1 aromatic heterocycles. The summed E-state index contributed by atoms with van der Waals surface area (Å²) >= 11 is 0. The molecular formula is C16H16N2. The molecule has 0 radical (unpaired) electrons. The lowest BCUT2D eigenvalue weighted by atomic mass is 9.99. The van der Waals surface area contributed by atoms with E-state index in [9.17, 15) is 0 Å². The predicted octanol–water partition coefficient (Wildman–Crippen LogP) is 2.78. The van der Waals surface area contributed by atoms with Crippen LogP contribution >= 0.6 is 0 Å². The molecular weight excluding hydrogens is 220 g/mol. The zero-order valence-corrected chi connectivity index (χ0v) is 10.4. The van der Waals surface area contributed by atoms with Crippen LogP contribution in [0.1, 0.15) is 24.1 Å². The average Bonchev–Trinajstić information content (AvgIpc) is 2.46. The summed E-state index contributed by atoms with van der Waals surface area (Å²) in [5.74, 6) is 2.71. The molecule has 0 fully saturated rings. The lowest BCUT2D eigenvalue weighted by molar-refractivity contribution is 0.572. The van der Waals surface area contributed by atoms with Gasteiger partial charge in [0.15, 0.2) is 0 Å². The molecule has 90 valence electrons. The van der Waals surface area contributed by atoms with Crippen LogP contribution < -0.4 is 5.32 Å². The third kappa shape index (κ3) is 2.97. The molecule has 2 unspecified atom stereocenters. The second kappa shape index (κ2) is 6.00. The Bertz CT molecular complexity index is 474. The van der Waals surface area contributed by atoms with Gasteiger partial charge in [-0.3, -0.25) is 10.3 Å². The molecule has 0 amide bonds. The van der Waals surface area contributed by atoms with Crippen molar-refractivity contribution in [2.45, 2.75) is 19.0 Å². The maximum absolute atomic E-state index is 5.45. The van der Waals surface area contributed by atoms with E-state index in [1.807, 2.05) is 37.3 Å². The van der Waals surface area contributed by atoms with Crippen molar-refractivity contribution in [3.8, 4) is 12.3 Å². The first-order chi connectivity index (χ1) is 8.81. The van der Waals surface area contributed by atoms with Gasteiger partial charge in [0.1, 0.15) is 0 Å². The van der Waals surface area contributed by atoms with Gasteiger partial charge < -0.3 is 0 Å². The molecule has 1 N–H and O–H groups in total. The van der Waals surface area contributed by atoms with E-state index in [4.69, 9.17) is 6.42 Å². The first-order valence-electron chi connectivity index (χ1n) is 5.98. The molecule has 0 aliphatic heterocycles. The van der Waals surface area contributed by atoms with Crippen LogP contribution in [0.2, 0.25) is 0 Å². The van der Waals surface area contributed by atoms with Gasteiger partial charge in [-0.2, -0.15) is 0 Å². The van der Waals surface area contributed by atoms with Gasteiger partial charge in [0.05, 0.1) is 12.1 Å². The molecule has 0 aliphatic carbocycles. The first kappa shape index (κ1) is 12.3. The SMILES string of the molecule is C#CC(C)NC(c1ccccc1)c1ccncc1. The quantitative estimate of drug-likeness (QED) is 0.826. The Morgan fingerprint density at radius 1 is 1.06 bits per heavy atom. The summed E-state index contributed by atoms with van der Waals surface area (Å²) in [5.41, 5.74) is 2.36. The molecule has 2 aromatic rings. The molecule has 2 atom stereocenters. The molecule has 1 aromatic carbocycles. The van der Waals surface area contributed by atoms with Crippen LogP contribution in [0.15, 0.2) is 54.9 Å². The molecule has 1 heterocycles. The monoisotopic (exact) mass is 236 g/mol. The van der Waals surface area contributed by atoms with E-state index < -0.39 is 0 Å². The number of hydrogen-bond acceptors (Lipinski definition) is 2. The van der Waals surface area contributed by atoms with Crippen molar-refractivity contribution in [1.82, 2.24) is 10.3 Å². The standard InChI is InChI=1S/C16H16N2/c1-3-13(2)18-16(14-7-5-4-6-8-14)15-9-11-17-12-10-15/h1,4-13,16,18H,2H3. The Morgan fingerprint density at radius 2 is 1.67 bits per heavy atom. The fraction of sp³-hybridized carbons (Fsp3) is 0.188. The summed E-state index contributed by atoms with van der Waals surface area (Å²) in [6, 6.07) is 14.4. The Balaban J connectivity index is 2.33. The van der Waals surface area contributed by atoms with Gasteiger partial charge in [0.2, 0.25) is 0 Å². The minimum absolute atomic E-state index is 0.0170. The van der Waals surface area contributed by atoms with Crippen molar-refractivity contribution in [3.05, 3.63) is 66.0 Å². The Morgan fingerprint density at radius 3 is 2.28 bits per heavy atom. The fourth-order valence-corrected chi connectivity index (χ4v) is 1.88. The first-order valence-corrected chi connectivity index (χ1v) is 5.98. The highest BCUT2D eigenvalue weighted by Gasteiger charge is 2.14. The molecule has 0 bridgehead atoms. The van der Waals surface area contributed by atoms with E-state index in [0.717, 1.165) is 0 Å². The van der Waals surface area contributed by atoms with Crippen LogP contribution in [0.4, 0.5) is 0 Å². The number of rotatable bonds is 4. The van der Waals surface area contributed by atoms with E-state index in [0.29, 0.717) is 0 Å². The minimum atomic E-state index is 0.0170. The number of pyridine rings is 1. The smallest absolute Gasteiger partial charge is 0.0665 e. The fourth-order valence-electron chi connectivity index (χ4n) is 1.88. The summed E-state index contributed by atoms with van der Waals surface area (Å²) in [7, 11) is 0. The lowest BCUT2D eigenvalue weighted by Gasteiger charge is -2.21. The molecule has 0 spiro atoms. The number of nitrogens with zero attached hydrogens (tertiary/aromatic N) is 1. The van der Waals surface area contributed by atoms with Crippen molar-refractivity contribution in [1.29, 1.82) is 0 Å². The summed E-state index contributed by atoms with van der Waals surface area (Å²) < 4.78 is 0. The van der Waals surface area contributed by atoms with Crippen molar-refractivity contribution in [2.75, 3.05) is 0 Å². The third-order valence-electron chi connectivity index (χ3n) is 2.84. The van der Waals surface area contributed by atoms with Crippen LogP contribution in [0, 0.1) is 12.3 Å². The summed E-state index contributed by atoms with van der Waals surface area (Å²) in [4.78, 5) is 4.05. The second-order valence-corrected chi connectivity index (χ2v) is 4.18. The van der Waals surface area contributed by atoms with Gasteiger partial charge in [-0.15, -0.1) is 6.42 Å². The van der Waals surface area contributed by atoms with Crippen LogP contribution in [0.3, 0.4) is 0 Å². The molecule has 0 saturated heterocycles. The molecule has 18 heavy (non-hydrogen) atoms. The van der Waals surface area contributed by atoms with Gasteiger partial charge in [-0.05, 0) is 30.2 Å². The number of hydrogen-bond donors (Lipinski definition) is 1. The summed E-state index contributed by atoms with van der Waals surface area (Å²) in [6.07, 6.45) is 9.05. The van der Waals surface area contributed by atoms with E-state index in [1.54, 1.807) is 12.4 Å². The Labute approximate surface area is 108 Å². The molecule has 0 saturated carbocycles. The minimum Gasteiger partial charge on any atom is -0.293 e. The zero-order chi connectivity index (χ0) is 12.8. The third-order valence-corrected chi connectivity index (χ3v) is 2.84. The average molecular weight is 236 g/mol. The zero-order valence-electron chi connectivity index (χ0n) is 10.4. The van der Waals surface area contributed by atoms with Crippen LogP contribution in [-0.4, -0.2) is 11.0 Å². The van der Waals surface area contributed by atoms with Gasteiger partial charge in [-0.1, -0.05) is 36.3 Å². The van der Waals surface area contributed by atoms with E-state index in [2.05, 4.69) is 28.4 Å². The molecule has 2 heteroatoms. The largest absolute Gasteiger partial charge is 0.293 e. The van der Waals surface area contributed by atoms with Gasteiger partial charge in [0, 0.05) is 12.4 Å². The normalized spacial score (nSPS) is 13.6. The highest BCUT2D eigenvalue weighted by Crippen LogP contribution is 2.21. The topological polar surface area (TPSA) is 24.9 Å². The number of nitrogens with one attached hydrogen (secondary N) is 1.